The Balaban J connectivity index is -0.000000668. The van der Waals surface area contributed by atoms with Crippen molar-refractivity contribution in [3.8, 4) is 0 Å². The van der Waals surface area contributed by atoms with Crippen LogP contribution in [-0.2, 0) is 0 Å². The Labute approximate surface area is 502 Å². The van der Waals surface area contributed by atoms with Gasteiger partial charge in [0.05, 0.1) is 54.4 Å². The van der Waals surface area contributed by atoms with Gasteiger partial charge < -0.3 is 38.4 Å². The fourth-order valence-electron chi connectivity index (χ4n) is 11.9. The summed E-state index contributed by atoms with van der Waals surface area (Å²) in [6, 6.07) is 0. The molecule has 0 saturated carbocycles. The fraction of sp³-hybridized carbons (Fsp3) is 1.00. The normalized spacial score (nSPS) is 11.7. The van der Waals surface area contributed by atoms with E-state index in [0.717, 1.165) is 0 Å². The first-order valence-corrected chi connectivity index (χ1v) is 35.9. The van der Waals surface area contributed by atoms with Crippen molar-refractivity contribution in [3.63, 3.8) is 0 Å². The molecule has 4 heteroatoms. The van der Waals surface area contributed by atoms with Crippen LogP contribution in [0.1, 0.15) is 413 Å². The largest absolute Gasteiger partial charge is 1.00 e. The smallest absolute Gasteiger partial charge is 0.0782 e. The first-order valence-electron chi connectivity index (χ1n) is 35.9. The van der Waals surface area contributed by atoms with Gasteiger partial charge in [0.15, 0.2) is 0 Å². The SMILES string of the molecule is CCCCCCCCCCCCCCCCCC[N+](C)(C)CCCCCCCCCCCCCCCCCC.CCCCCCCCCCCCCCCC[N+](C)(C)CCCCCCCCCCCCCCCC.[Br-].[Cl-]. The van der Waals surface area contributed by atoms with Crippen LogP contribution in [0.3, 0.4) is 0 Å². The Hall–Kier alpha value is 0.690. The molecule has 0 fully saturated rings. The Bertz CT molecular complexity index is 898. The molecule has 76 heavy (non-hydrogen) atoms. The molecule has 0 aliphatic carbocycles. The zero-order valence-electron chi connectivity index (χ0n) is 54.9. The van der Waals surface area contributed by atoms with E-state index in [1.807, 2.05) is 0 Å². The van der Waals surface area contributed by atoms with Crippen LogP contribution in [-0.4, -0.2) is 63.3 Å². The zero-order chi connectivity index (χ0) is 54.3. The minimum absolute atomic E-state index is 0. The minimum Gasteiger partial charge on any atom is -1.00 e. The summed E-state index contributed by atoms with van der Waals surface area (Å²) in [6.07, 6.45) is 87.9. The first kappa shape index (κ1) is 83.2. The van der Waals surface area contributed by atoms with Gasteiger partial charge in [0.1, 0.15) is 0 Å². The summed E-state index contributed by atoms with van der Waals surface area (Å²) in [6.45, 7) is 14.8. The van der Waals surface area contributed by atoms with Gasteiger partial charge in [-0.05, 0) is 51.4 Å². The lowest BCUT2D eigenvalue weighted by Crippen LogP contribution is -3.00. The standard InChI is InChI=1S/C38H80N.C34H72N.BrH.ClH/c1-5-7-9-11-13-15-17-19-21-23-25-27-29-31-33-35-37-39(3,4)38-36-34-32-30-28-26-24-22-20-18-16-14-12-10-8-6-2;1-5-7-9-11-13-15-17-19-21-23-25-27-29-31-33-35(3,4)34-32-30-28-26-24-22-20-18-16-14-12-10-8-6-2;;/h5-38H2,1-4H3;5-34H2,1-4H3;2*1H/q2*+1;;/p-2. The highest BCUT2D eigenvalue weighted by Crippen LogP contribution is 2.19. The van der Waals surface area contributed by atoms with Gasteiger partial charge in [-0.25, -0.2) is 0 Å². The molecule has 0 spiro atoms. The van der Waals surface area contributed by atoms with E-state index in [9.17, 15) is 0 Å². The summed E-state index contributed by atoms with van der Waals surface area (Å²) in [7, 11) is 9.86. The van der Waals surface area contributed by atoms with Crippen LogP contribution in [0, 0.1) is 0 Å². The summed E-state index contributed by atoms with van der Waals surface area (Å²) in [5, 5.41) is 0. The second kappa shape index (κ2) is 71.8. The summed E-state index contributed by atoms with van der Waals surface area (Å²) in [4.78, 5) is 0. The lowest BCUT2D eigenvalue weighted by molar-refractivity contribution is -0.890. The van der Waals surface area contributed by atoms with Crippen LogP contribution in [0.4, 0.5) is 0 Å². The second-order valence-corrected chi connectivity index (χ2v) is 26.6. The lowest BCUT2D eigenvalue weighted by atomic mass is 10.0. The predicted octanol–water partition coefficient (Wildman–Crippen LogP) is 19.6. The number of quaternary nitrogens is 2. The number of halogens is 2. The van der Waals surface area contributed by atoms with Gasteiger partial charge in [0.25, 0.3) is 0 Å². The Kier molecular flexibility index (Phi) is 78.5. The number of rotatable bonds is 64. The quantitative estimate of drug-likeness (QED) is 0.0421. The molecule has 0 unspecified atom stereocenters. The molecule has 0 atom stereocenters. The van der Waals surface area contributed by atoms with Gasteiger partial charge >= 0.3 is 0 Å². The predicted molar refractivity (Wildman–Crippen MR) is 343 cm³/mol. The van der Waals surface area contributed by atoms with Crippen molar-refractivity contribution in [2.75, 3.05) is 54.4 Å². The van der Waals surface area contributed by atoms with E-state index >= 15 is 0 Å². The van der Waals surface area contributed by atoms with Crippen LogP contribution < -0.4 is 29.4 Å². The molecule has 0 amide bonds. The van der Waals surface area contributed by atoms with Gasteiger partial charge in [-0.1, -0.05) is 362 Å². The van der Waals surface area contributed by atoms with E-state index in [-0.39, 0.29) is 29.4 Å². The third-order valence-corrected chi connectivity index (χ3v) is 17.5. The van der Waals surface area contributed by atoms with E-state index in [2.05, 4.69) is 55.9 Å². The number of unbranched alkanes of at least 4 members (excludes halogenated alkanes) is 56. The van der Waals surface area contributed by atoms with E-state index in [4.69, 9.17) is 0 Å². The second-order valence-electron chi connectivity index (χ2n) is 26.6. The summed E-state index contributed by atoms with van der Waals surface area (Å²) < 4.78 is 2.49. The highest BCUT2D eigenvalue weighted by molar-refractivity contribution is 4.55. The van der Waals surface area contributed by atoms with Gasteiger partial charge in [-0.15, -0.1) is 0 Å². The Morgan fingerprint density at radius 2 is 0.224 bits per heavy atom. The summed E-state index contributed by atoms with van der Waals surface area (Å²) >= 11 is 0. The summed E-state index contributed by atoms with van der Waals surface area (Å²) in [5.74, 6) is 0. The van der Waals surface area contributed by atoms with Gasteiger partial charge in [-0.2, -0.15) is 0 Å². The zero-order valence-corrected chi connectivity index (χ0v) is 57.2. The molecule has 0 aliphatic heterocycles. The molecule has 0 aromatic rings. The van der Waals surface area contributed by atoms with Crippen molar-refractivity contribution in [3.05, 3.63) is 0 Å². The third kappa shape index (κ3) is 76.8. The first-order chi connectivity index (χ1) is 36.2. The molecule has 0 aromatic carbocycles. The highest BCUT2D eigenvalue weighted by atomic mass is 79.9. The maximum Gasteiger partial charge on any atom is 0.0782 e. The molecule has 0 bridgehead atoms. The monoisotopic (exact) mass is 1160 g/mol. The van der Waals surface area contributed by atoms with Gasteiger partial charge in [0.2, 0.25) is 0 Å². The number of nitrogens with zero attached hydrogens (tertiary/aromatic N) is 2. The van der Waals surface area contributed by atoms with Crippen LogP contribution in [0.25, 0.3) is 0 Å². The molecule has 0 radical (unpaired) electrons. The van der Waals surface area contributed by atoms with Gasteiger partial charge in [0, 0.05) is 0 Å². The molecular formula is C72H152BrClN2. The maximum atomic E-state index is 2.47. The van der Waals surface area contributed by atoms with Crippen LogP contribution in [0.5, 0.6) is 0 Å². The summed E-state index contributed by atoms with van der Waals surface area (Å²) in [5.41, 5.74) is 0. The van der Waals surface area contributed by atoms with E-state index in [1.165, 1.54) is 420 Å². The van der Waals surface area contributed by atoms with Crippen LogP contribution >= 0.6 is 0 Å². The van der Waals surface area contributed by atoms with Crippen molar-refractivity contribution in [1.82, 2.24) is 0 Å². The van der Waals surface area contributed by atoms with E-state index in [0.29, 0.717) is 0 Å². The highest BCUT2D eigenvalue weighted by Gasteiger charge is 2.15. The molecule has 0 aromatic heterocycles. The number of hydrogen-bond acceptors (Lipinski definition) is 0. The molecular weight excluding hydrogens is 1010 g/mol. The molecule has 0 rings (SSSR count). The molecule has 0 aliphatic rings. The molecule has 0 heterocycles. The van der Waals surface area contributed by atoms with Crippen molar-refractivity contribution < 1.29 is 38.4 Å². The van der Waals surface area contributed by atoms with E-state index < -0.39 is 0 Å². The number of hydrogen-bond donors (Lipinski definition) is 0. The lowest BCUT2D eigenvalue weighted by Gasteiger charge is -2.30. The molecule has 0 N–H and O–H groups in total. The topological polar surface area (TPSA) is 0 Å². The van der Waals surface area contributed by atoms with Crippen molar-refractivity contribution >= 4 is 0 Å². The Morgan fingerprint density at radius 1 is 0.145 bits per heavy atom. The van der Waals surface area contributed by atoms with Gasteiger partial charge in [-0.3, -0.25) is 0 Å². The Morgan fingerprint density at radius 3 is 0.316 bits per heavy atom. The average Bonchev–Trinajstić information content (AvgIpc) is 3.38. The maximum absolute atomic E-state index is 2.47. The fourth-order valence-corrected chi connectivity index (χ4v) is 11.9. The molecule has 0 saturated heterocycles. The minimum atomic E-state index is 0. The average molecular weight is 1160 g/mol. The van der Waals surface area contributed by atoms with E-state index in [1.54, 1.807) is 0 Å². The molecule has 464 valence electrons. The van der Waals surface area contributed by atoms with Crippen molar-refractivity contribution in [2.24, 2.45) is 0 Å². The van der Waals surface area contributed by atoms with Crippen LogP contribution in [0.2, 0.25) is 0 Å². The third-order valence-electron chi connectivity index (χ3n) is 17.5. The van der Waals surface area contributed by atoms with Crippen molar-refractivity contribution in [2.45, 2.75) is 413 Å². The van der Waals surface area contributed by atoms with Crippen LogP contribution in [0.15, 0.2) is 0 Å². The molecule has 2 nitrogen and oxygen atoms in total. The van der Waals surface area contributed by atoms with Crippen molar-refractivity contribution in [1.29, 1.82) is 0 Å².